The molecule has 1 aromatic carbocycles. The maximum Gasteiger partial charge on any atom is 0.00498 e. The molecule has 2 N–H and O–H groups in total. The Morgan fingerprint density at radius 2 is 1.94 bits per heavy atom. The normalized spacial score (nSPS) is 33.6. The van der Waals surface area contributed by atoms with Gasteiger partial charge in [0, 0.05) is 6.04 Å². The van der Waals surface area contributed by atoms with E-state index in [9.17, 15) is 0 Å². The fourth-order valence-electron chi connectivity index (χ4n) is 3.63. The minimum atomic E-state index is 0.380. The summed E-state index contributed by atoms with van der Waals surface area (Å²) in [6, 6.07) is 11.3. The maximum absolute atomic E-state index is 6.27. The Balaban J connectivity index is 2.14. The summed E-state index contributed by atoms with van der Waals surface area (Å²) in [5.74, 6) is 0.663. The topological polar surface area (TPSA) is 26.0 Å². The number of benzene rings is 1. The van der Waals surface area contributed by atoms with E-state index in [2.05, 4.69) is 44.2 Å². The maximum atomic E-state index is 6.27. The summed E-state index contributed by atoms with van der Waals surface area (Å²) < 4.78 is 0. The molecule has 0 aromatic heterocycles. The summed E-state index contributed by atoms with van der Waals surface area (Å²) in [6.07, 6.45) is 6.24. The van der Waals surface area contributed by atoms with Gasteiger partial charge in [0.2, 0.25) is 0 Å². The Morgan fingerprint density at radius 3 is 2.59 bits per heavy atom. The van der Waals surface area contributed by atoms with Crippen LogP contribution in [0, 0.1) is 5.41 Å². The summed E-state index contributed by atoms with van der Waals surface area (Å²) in [6.45, 7) is 4.70. The monoisotopic (exact) mass is 231 g/mol. The van der Waals surface area contributed by atoms with Crippen LogP contribution in [0.15, 0.2) is 30.3 Å². The van der Waals surface area contributed by atoms with Crippen LogP contribution < -0.4 is 5.73 Å². The summed E-state index contributed by atoms with van der Waals surface area (Å²) in [7, 11) is 0. The van der Waals surface area contributed by atoms with Crippen molar-refractivity contribution in [2.24, 2.45) is 11.1 Å². The lowest BCUT2D eigenvalue weighted by atomic mass is 9.65. The van der Waals surface area contributed by atoms with Gasteiger partial charge in [-0.1, -0.05) is 50.6 Å². The molecule has 3 unspecified atom stereocenters. The van der Waals surface area contributed by atoms with Crippen molar-refractivity contribution in [2.75, 3.05) is 0 Å². The molecule has 1 heteroatoms. The molecular formula is C16H25N. The van der Waals surface area contributed by atoms with Crippen molar-refractivity contribution in [3.8, 4) is 0 Å². The first kappa shape index (κ1) is 12.6. The van der Waals surface area contributed by atoms with Gasteiger partial charge in [0.1, 0.15) is 0 Å². The molecule has 1 saturated carbocycles. The molecule has 1 aliphatic carbocycles. The molecule has 0 heterocycles. The molecule has 3 atom stereocenters. The number of rotatable bonds is 3. The van der Waals surface area contributed by atoms with Gasteiger partial charge in [-0.05, 0) is 42.6 Å². The average Bonchev–Trinajstić information content (AvgIpc) is 2.29. The third-order valence-electron chi connectivity index (χ3n) is 4.21. The molecule has 1 aromatic rings. The van der Waals surface area contributed by atoms with Crippen LogP contribution in [0.3, 0.4) is 0 Å². The Hall–Kier alpha value is -0.820. The van der Waals surface area contributed by atoms with Gasteiger partial charge in [-0.2, -0.15) is 0 Å². The van der Waals surface area contributed by atoms with E-state index in [1.165, 1.54) is 31.2 Å². The molecule has 0 radical (unpaired) electrons. The van der Waals surface area contributed by atoms with Gasteiger partial charge in [-0.25, -0.2) is 0 Å². The average molecular weight is 231 g/mol. The van der Waals surface area contributed by atoms with Gasteiger partial charge in [-0.3, -0.25) is 0 Å². The quantitative estimate of drug-likeness (QED) is 0.833. The van der Waals surface area contributed by atoms with Crippen LogP contribution in [0.5, 0.6) is 0 Å². The second-order valence-electron chi connectivity index (χ2n) is 6.07. The summed E-state index contributed by atoms with van der Waals surface area (Å²) in [5, 5.41) is 0. The minimum Gasteiger partial charge on any atom is -0.328 e. The van der Waals surface area contributed by atoms with Gasteiger partial charge in [0.05, 0.1) is 0 Å². The summed E-state index contributed by atoms with van der Waals surface area (Å²) in [5.41, 5.74) is 8.20. The lowest BCUT2D eigenvalue weighted by molar-refractivity contribution is 0.159. The number of hydrogen-bond acceptors (Lipinski definition) is 1. The van der Waals surface area contributed by atoms with Gasteiger partial charge < -0.3 is 5.73 Å². The molecule has 1 fully saturated rings. The second-order valence-corrected chi connectivity index (χ2v) is 6.07. The highest BCUT2D eigenvalue weighted by Gasteiger charge is 2.35. The van der Waals surface area contributed by atoms with E-state index < -0.39 is 0 Å². The molecule has 0 bridgehead atoms. The lowest BCUT2D eigenvalue weighted by Gasteiger charge is -2.41. The van der Waals surface area contributed by atoms with E-state index in [1.807, 2.05) is 0 Å². The van der Waals surface area contributed by atoms with Gasteiger partial charge in [0.15, 0.2) is 0 Å². The molecule has 0 amide bonds. The predicted octanol–water partition coefficient (Wildman–Crippen LogP) is 4.09. The highest BCUT2D eigenvalue weighted by Crippen LogP contribution is 2.45. The molecule has 0 saturated heterocycles. The standard InChI is InChI=1S/C16H25N/c1-3-9-16(2)11-14(10-15(17)12-16)13-7-5-4-6-8-13/h4-8,14-15H,3,9-12,17H2,1-2H3. The van der Waals surface area contributed by atoms with Crippen LogP contribution in [0.1, 0.15) is 57.4 Å². The minimum absolute atomic E-state index is 0.380. The fourth-order valence-corrected chi connectivity index (χ4v) is 3.63. The van der Waals surface area contributed by atoms with E-state index in [-0.39, 0.29) is 0 Å². The van der Waals surface area contributed by atoms with Crippen molar-refractivity contribution >= 4 is 0 Å². The SMILES string of the molecule is CCCC1(C)CC(N)CC(c2ccccc2)C1. The molecule has 0 aliphatic heterocycles. The predicted molar refractivity (Wildman–Crippen MR) is 74.0 cm³/mol. The Morgan fingerprint density at radius 1 is 1.24 bits per heavy atom. The third kappa shape index (κ3) is 3.10. The smallest absolute Gasteiger partial charge is 0.00498 e. The number of hydrogen-bond donors (Lipinski definition) is 1. The highest BCUT2D eigenvalue weighted by atomic mass is 14.7. The largest absolute Gasteiger partial charge is 0.328 e. The molecule has 17 heavy (non-hydrogen) atoms. The zero-order valence-electron chi connectivity index (χ0n) is 11.2. The van der Waals surface area contributed by atoms with E-state index in [0.29, 0.717) is 17.4 Å². The zero-order chi connectivity index (χ0) is 12.3. The Bertz CT molecular complexity index is 346. The van der Waals surface area contributed by atoms with Gasteiger partial charge in [0.25, 0.3) is 0 Å². The summed E-state index contributed by atoms with van der Waals surface area (Å²) in [4.78, 5) is 0. The lowest BCUT2D eigenvalue weighted by Crippen LogP contribution is -2.37. The van der Waals surface area contributed by atoms with Crippen LogP contribution in [0.25, 0.3) is 0 Å². The Kier molecular flexibility index (Phi) is 3.88. The summed E-state index contributed by atoms with van der Waals surface area (Å²) >= 11 is 0. The van der Waals surface area contributed by atoms with Crippen molar-refractivity contribution in [2.45, 2.75) is 57.9 Å². The van der Waals surface area contributed by atoms with E-state index >= 15 is 0 Å². The van der Waals surface area contributed by atoms with Crippen molar-refractivity contribution in [1.29, 1.82) is 0 Å². The molecule has 1 aliphatic rings. The van der Waals surface area contributed by atoms with Crippen LogP contribution >= 0.6 is 0 Å². The first-order valence-corrected chi connectivity index (χ1v) is 6.93. The zero-order valence-corrected chi connectivity index (χ0v) is 11.2. The van der Waals surface area contributed by atoms with Crippen LogP contribution in [0.4, 0.5) is 0 Å². The molecular weight excluding hydrogens is 206 g/mol. The van der Waals surface area contributed by atoms with Crippen LogP contribution in [-0.4, -0.2) is 6.04 Å². The van der Waals surface area contributed by atoms with Crippen molar-refractivity contribution in [1.82, 2.24) is 0 Å². The Labute approximate surface area is 105 Å². The van der Waals surface area contributed by atoms with Crippen molar-refractivity contribution in [3.63, 3.8) is 0 Å². The van der Waals surface area contributed by atoms with Crippen molar-refractivity contribution in [3.05, 3.63) is 35.9 Å². The van der Waals surface area contributed by atoms with E-state index in [1.54, 1.807) is 0 Å². The molecule has 2 rings (SSSR count). The van der Waals surface area contributed by atoms with Gasteiger partial charge >= 0.3 is 0 Å². The third-order valence-corrected chi connectivity index (χ3v) is 4.21. The first-order chi connectivity index (χ1) is 8.13. The van der Waals surface area contributed by atoms with Crippen molar-refractivity contribution < 1.29 is 0 Å². The highest BCUT2D eigenvalue weighted by molar-refractivity contribution is 5.21. The first-order valence-electron chi connectivity index (χ1n) is 6.93. The van der Waals surface area contributed by atoms with Gasteiger partial charge in [-0.15, -0.1) is 0 Å². The molecule has 0 spiro atoms. The second kappa shape index (κ2) is 5.22. The molecule has 1 nitrogen and oxygen atoms in total. The van der Waals surface area contributed by atoms with E-state index in [4.69, 9.17) is 5.73 Å². The van der Waals surface area contributed by atoms with E-state index in [0.717, 1.165) is 6.42 Å². The molecule has 94 valence electrons. The number of nitrogens with two attached hydrogens (primary N) is 1. The fraction of sp³-hybridized carbons (Fsp3) is 0.625. The van der Waals surface area contributed by atoms with Crippen LogP contribution in [-0.2, 0) is 0 Å². The van der Waals surface area contributed by atoms with Crippen LogP contribution in [0.2, 0.25) is 0 Å².